The zero-order chi connectivity index (χ0) is 37.0. The molecule has 3 aromatic heterocycles. The molecule has 0 bridgehead atoms. The number of hydrogen-bond acceptors (Lipinski definition) is 5. The van der Waals surface area contributed by atoms with Crippen LogP contribution in [0.25, 0.3) is 111 Å². The molecule has 262 valence electrons. The van der Waals surface area contributed by atoms with Crippen molar-refractivity contribution in [2.24, 2.45) is 0 Å². The highest BCUT2D eigenvalue weighted by atomic mass is 16.3. The molecule has 56 heavy (non-hydrogen) atoms. The van der Waals surface area contributed by atoms with Crippen LogP contribution in [0.3, 0.4) is 0 Å². The second-order valence-corrected chi connectivity index (χ2v) is 14.0. The molecule has 3 heterocycles. The van der Waals surface area contributed by atoms with Gasteiger partial charge in [0.25, 0.3) is 0 Å². The standard InChI is InChI=1S/C51H31N3O2/c1-3-12-32(13-4-1)34-16-10-19-38(29-34)50-52-49(33-14-5-2-6-15-33)53-51(54-50)39-24-26-42-44-30-36(25-27-46(44)55-47(42)31-39)35-17-9-18-37(28-35)40-21-11-22-43-41-20-7-8-23-45(41)56-48(40)43/h1-31H. The molecule has 11 aromatic rings. The van der Waals surface area contributed by atoms with Crippen molar-refractivity contribution in [1.29, 1.82) is 0 Å². The van der Waals surface area contributed by atoms with Gasteiger partial charge in [-0.05, 0) is 70.3 Å². The molecule has 0 unspecified atom stereocenters. The van der Waals surface area contributed by atoms with Gasteiger partial charge in [-0.25, -0.2) is 15.0 Å². The monoisotopic (exact) mass is 717 g/mol. The van der Waals surface area contributed by atoms with Crippen molar-refractivity contribution in [2.75, 3.05) is 0 Å². The highest BCUT2D eigenvalue weighted by Gasteiger charge is 2.17. The molecule has 0 aliphatic rings. The fourth-order valence-corrected chi connectivity index (χ4v) is 7.76. The third-order valence-corrected chi connectivity index (χ3v) is 10.5. The summed E-state index contributed by atoms with van der Waals surface area (Å²) in [6.07, 6.45) is 0. The maximum Gasteiger partial charge on any atom is 0.164 e. The third kappa shape index (κ3) is 5.53. The van der Waals surface area contributed by atoms with Gasteiger partial charge in [0.2, 0.25) is 0 Å². The smallest absolute Gasteiger partial charge is 0.164 e. The van der Waals surface area contributed by atoms with Crippen LogP contribution in [-0.4, -0.2) is 15.0 Å². The SMILES string of the molecule is c1ccc(-c2cccc(-c3nc(-c4ccccc4)nc(-c4ccc5c(c4)oc4ccc(-c6cccc(-c7cccc8c7oc7ccccc78)c6)cc45)n3)c2)cc1. The summed E-state index contributed by atoms with van der Waals surface area (Å²) >= 11 is 0. The van der Waals surface area contributed by atoms with Crippen LogP contribution in [0, 0.1) is 0 Å². The molecule has 5 nitrogen and oxygen atoms in total. The minimum atomic E-state index is 0.582. The second kappa shape index (κ2) is 13.0. The maximum atomic E-state index is 6.49. The number of rotatable bonds is 6. The number of hydrogen-bond donors (Lipinski definition) is 0. The number of nitrogens with zero attached hydrogens (tertiary/aromatic N) is 3. The van der Waals surface area contributed by atoms with Gasteiger partial charge < -0.3 is 8.83 Å². The molecular weight excluding hydrogens is 687 g/mol. The highest BCUT2D eigenvalue weighted by Crippen LogP contribution is 2.39. The molecule has 0 amide bonds. The van der Waals surface area contributed by atoms with Gasteiger partial charge in [-0.1, -0.05) is 146 Å². The predicted octanol–water partition coefficient (Wildman–Crippen LogP) is 13.7. The number of aromatic nitrogens is 3. The van der Waals surface area contributed by atoms with Crippen LogP contribution < -0.4 is 0 Å². The van der Waals surface area contributed by atoms with Gasteiger partial charge in [0.15, 0.2) is 17.5 Å². The summed E-state index contributed by atoms with van der Waals surface area (Å²) in [5.41, 5.74) is 12.7. The van der Waals surface area contributed by atoms with E-state index in [0.717, 1.165) is 93.9 Å². The topological polar surface area (TPSA) is 65.0 Å². The first kappa shape index (κ1) is 31.9. The number of furan rings is 2. The lowest BCUT2D eigenvalue weighted by atomic mass is 9.97. The lowest BCUT2D eigenvalue weighted by molar-refractivity contribution is 0.669. The number of benzene rings is 8. The molecule has 0 N–H and O–H groups in total. The molecule has 0 fully saturated rings. The van der Waals surface area contributed by atoms with Gasteiger partial charge in [0, 0.05) is 43.8 Å². The molecule has 0 saturated carbocycles. The van der Waals surface area contributed by atoms with Crippen LogP contribution in [0.5, 0.6) is 0 Å². The second-order valence-electron chi connectivity index (χ2n) is 14.0. The molecule has 8 aromatic carbocycles. The van der Waals surface area contributed by atoms with Crippen molar-refractivity contribution in [1.82, 2.24) is 15.0 Å². The van der Waals surface area contributed by atoms with Crippen molar-refractivity contribution in [2.45, 2.75) is 0 Å². The lowest BCUT2D eigenvalue weighted by Crippen LogP contribution is -2.00. The van der Waals surface area contributed by atoms with Gasteiger partial charge >= 0.3 is 0 Å². The minimum absolute atomic E-state index is 0.582. The van der Waals surface area contributed by atoms with E-state index in [1.807, 2.05) is 54.6 Å². The van der Waals surface area contributed by atoms with Crippen LogP contribution in [-0.2, 0) is 0 Å². The van der Waals surface area contributed by atoms with Crippen molar-refractivity contribution in [3.8, 4) is 67.5 Å². The molecule has 0 atom stereocenters. The minimum Gasteiger partial charge on any atom is -0.456 e. The average Bonchev–Trinajstić information content (AvgIpc) is 3.85. The van der Waals surface area contributed by atoms with Crippen molar-refractivity contribution in [3.63, 3.8) is 0 Å². The number of fused-ring (bicyclic) bond motifs is 6. The molecular formula is C51H31N3O2. The van der Waals surface area contributed by atoms with Crippen LogP contribution in [0.15, 0.2) is 197 Å². The summed E-state index contributed by atoms with van der Waals surface area (Å²) in [5, 5.41) is 4.33. The fourth-order valence-electron chi connectivity index (χ4n) is 7.76. The van der Waals surface area contributed by atoms with Crippen molar-refractivity contribution < 1.29 is 8.83 Å². The van der Waals surface area contributed by atoms with Gasteiger partial charge in [-0.15, -0.1) is 0 Å². The Balaban J connectivity index is 0.982. The summed E-state index contributed by atoms with van der Waals surface area (Å²) in [4.78, 5) is 15.0. The maximum absolute atomic E-state index is 6.49. The molecule has 0 saturated heterocycles. The summed E-state index contributed by atoms with van der Waals surface area (Å²) in [5.74, 6) is 1.81. The Kier molecular flexibility index (Phi) is 7.42. The number of para-hydroxylation sites is 2. The molecule has 11 rings (SSSR count). The summed E-state index contributed by atoms with van der Waals surface area (Å²) in [6.45, 7) is 0. The fraction of sp³-hybridized carbons (Fsp3) is 0. The zero-order valence-electron chi connectivity index (χ0n) is 30.1. The van der Waals surface area contributed by atoms with E-state index in [9.17, 15) is 0 Å². The Morgan fingerprint density at radius 1 is 0.268 bits per heavy atom. The first-order chi connectivity index (χ1) is 27.7. The molecule has 0 aliphatic carbocycles. The van der Waals surface area contributed by atoms with E-state index in [4.69, 9.17) is 23.8 Å². The van der Waals surface area contributed by atoms with E-state index in [0.29, 0.717) is 17.5 Å². The Hall–Kier alpha value is -7.63. The van der Waals surface area contributed by atoms with Crippen LogP contribution in [0.4, 0.5) is 0 Å². The Labute approximate surface area is 322 Å². The lowest BCUT2D eigenvalue weighted by Gasteiger charge is -2.09. The Morgan fingerprint density at radius 2 is 0.786 bits per heavy atom. The van der Waals surface area contributed by atoms with Crippen molar-refractivity contribution >= 4 is 43.9 Å². The Bertz CT molecular complexity index is 3250. The predicted molar refractivity (Wildman–Crippen MR) is 227 cm³/mol. The average molecular weight is 718 g/mol. The Morgan fingerprint density at radius 3 is 1.59 bits per heavy atom. The van der Waals surface area contributed by atoms with E-state index in [1.54, 1.807) is 0 Å². The van der Waals surface area contributed by atoms with Crippen LogP contribution >= 0.6 is 0 Å². The van der Waals surface area contributed by atoms with Crippen LogP contribution in [0.2, 0.25) is 0 Å². The summed E-state index contributed by atoms with van der Waals surface area (Å²) < 4.78 is 12.9. The highest BCUT2D eigenvalue weighted by molar-refractivity contribution is 6.10. The summed E-state index contributed by atoms with van der Waals surface area (Å²) in [6, 6.07) is 64.6. The first-order valence-electron chi connectivity index (χ1n) is 18.7. The first-order valence-corrected chi connectivity index (χ1v) is 18.7. The van der Waals surface area contributed by atoms with Crippen molar-refractivity contribution in [3.05, 3.63) is 188 Å². The van der Waals surface area contributed by atoms with Gasteiger partial charge in [-0.2, -0.15) is 0 Å². The van der Waals surface area contributed by atoms with Gasteiger partial charge in [-0.3, -0.25) is 0 Å². The normalized spacial score (nSPS) is 11.6. The van der Waals surface area contributed by atoms with Gasteiger partial charge in [0.05, 0.1) is 0 Å². The van der Waals surface area contributed by atoms with E-state index < -0.39 is 0 Å². The summed E-state index contributed by atoms with van der Waals surface area (Å²) in [7, 11) is 0. The van der Waals surface area contributed by atoms with Crippen LogP contribution in [0.1, 0.15) is 0 Å². The molecule has 0 spiro atoms. The molecule has 0 radical (unpaired) electrons. The molecule has 5 heteroatoms. The van der Waals surface area contributed by atoms with E-state index in [-0.39, 0.29) is 0 Å². The molecule has 0 aliphatic heterocycles. The zero-order valence-corrected chi connectivity index (χ0v) is 30.1. The van der Waals surface area contributed by atoms with E-state index in [1.165, 1.54) is 0 Å². The quantitative estimate of drug-likeness (QED) is 0.171. The van der Waals surface area contributed by atoms with E-state index >= 15 is 0 Å². The van der Waals surface area contributed by atoms with E-state index in [2.05, 4.69) is 133 Å². The van der Waals surface area contributed by atoms with Gasteiger partial charge in [0.1, 0.15) is 22.3 Å². The third-order valence-electron chi connectivity index (χ3n) is 10.5. The largest absolute Gasteiger partial charge is 0.456 e.